The Bertz CT molecular complexity index is 1510. The van der Waals surface area contributed by atoms with Crippen LogP contribution in [0.2, 0.25) is 5.02 Å². The van der Waals surface area contributed by atoms with E-state index in [4.69, 9.17) is 11.6 Å². The molecule has 1 aromatic heterocycles. The number of rotatable bonds is 9. The number of nitrogens with zero attached hydrogens (tertiary/aromatic N) is 3. The minimum atomic E-state index is -3.74. The molecule has 37 heavy (non-hydrogen) atoms. The highest BCUT2D eigenvalue weighted by molar-refractivity contribution is 7.90. The van der Waals surface area contributed by atoms with Crippen LogP contribution in [0.3, 0.4) is 0 Å². The highest BCUT2D eigenvalue weighted by Crippen LogP contribution is 2.31. The van der Waals surface area contributed by atoms with Gasteiger partial charge in [-0.15, -0.1) is 0 Å². The summed E-state index contributed by atoms with van der Waals surface area (Å²) in [7, 11) is -3.74. The van der Waals surface area contributed by atoms with E-state index in [1.165, 1.54) is 0 Å². The van der Waals surface area contributed by atoms with Crippen LogP contribution in [-0.4, -0.2) is 34.8 Å². The number of hydrogen-bond acceptors (Lipinski definition) is 4. The zero-order valence-electron chi connectivity index (χ0n) is 20.5. The number of sulfone groups is 1. The predicted octanol–water partition coefficient (Wildman–Crippen LogP) is 5.67. The van der Waals surface area contributed by atoms with Crippen molar-refractivity contribution < 1.29 is 13.2 Å². The van der Waals surface area contributed by atoms with Crippen molar-refractivity contribution in [3.05, 3.63) is 118 Å². The first-order valence-electron chi connectivity index (χ1n) is 12.2. The minimum Gasteiger partial charge on any atom is -0.330 e. The van der Waals surface area contributed by atoms with Gasteiger partial charge in [-0.3, -0.25) is 4.79 Å². The maximum atomic E-state index is 13.6. The van der Waals surface area contributed by atoms with E-state index in [-0.39, 0.29) is 29.4 Å². The maximum Gasteiger partial charge on any atom is 0.254 e. The first-order valence-corrected chi connectivity index (χ1v) is 14.3. The van der Waals surface area contributed by atoms with E-state index in [1.54, 1.807) is 39.9 Å². The third-order valence-corrected chi connectivity index (χ3v) is 8.32. The van der Waals surface area contributed by atoms with E-state index in [9.17, 15) is 13.2 Å². The first kappa shape index (κ1) is 25.2. The van der Waals surface area contributed by atoms with Crippen molar-refractivity contribution in [2.75, 3.05) is 0 Å². The van der Waals surface area contributed by atoms with Crippen LogP contribution in [0.15, 0.2) is 90.2 Å². The fourth-order valence-electron chi connectivity index (χ4n) is 4.38. The van der Waals surface area contributed by atoms with E-state index in [0.29, 0.717) is 28.4 Å². The summed E-state index contributed by atoms with van der Waals surface area (Å²) in [5, 5.41) is 0.512. The standard InChI is InChI=1S/C29H28ClN3O3S/c1-21-10-12-23(13-11-21)20-37(35,36)29-31-17-27(33(29)18-22-6-3-2-4-7-22)19-32(26-14-15-26)28(34)24-8-5-9-25(30)16-24/h2-13,16-17,26H,14-15,18-20H2,1H3. The molecule has 0 atom stereocenters. The number of carbonyl (C=O) groups excluding carboxylic acids is 1. The smallest absolute Gasteiger partial charge is 0.254 e. The summed E-state index contributed by atoms with van der Waals surface area (Å²) in [6.45, 7) is 2.56. The molecular weight excluding hydrogens is 506 g/mol. The summed E-state index contributed by atoms with van der Waals surface area (Å²) in [4.78, 5) is 19.6. The Hall–Kier alpha value is -3.42. The van der Waals surface area contributed by atoms with Gasteiger partial charge in [0.15, 0.2) is 0 Å². The minimum absolute atomic E-state index is 0.0119. The van der Waals surface area contributed by atoms with Crippen LogP contribution in [0.1, 0.15) is 45.6 Å². The van der Waals surface area contributed by atoms with Crippen molar-refractivity contribution >= 4 is 27.3 Å². The predicted molar refractivity (Wildman–Crippen MR) is 144 cm³/mol. The number of hydrogen-bond donors (Lipinski definition) is 0. The lowest BCUT2D eigenvalue weighted by molar-refractivity contribution is 0.0725. The summed E-state index contributed by atoms with van der Waals surface area (Å²) in [5.41, 5.74) is 3.91. The number of aromatic nitrogens is 2. The van der Waals surface area contributed by atoms with Crippen LogP contribution in [0.5, 0.6) is 0 Å². The van der Waals surface area contributed by atoms with Gasteiger partial charge in [-0.2, -0.15) is 0 Å². The molecule has 0 radical (unpaired) electrons. The van der Waals surface area contributed by atoms with Gasteiger partial charge in [0.05, 0.1) is 30.7 Å². The molecular formula is C29H28ClN3O3S. The van der Waals surface area contributed by atoms with Crippen molar-refractivity contribution in [1.29, 1.82) is 0 Å². The maximum absolute atomic E-state index is 13.6. The van der Waals surface area contributed by atoms with Gasteiger partial charge in [0.2, 0.25) is 15.0 Å². The molecule has 1 aliphatic rings. The quantitative estimate of drug-likeness (QED) is 0.278. The summed E-state index contributed by atoms with van der Waals surface area (Å²) < 4.78 is 28.8. The van der Waals surface area contributed by atoms with Crippen LogP contribution in [-0.2, 0) is 28.7 Å². The second-order valence-corrected chi connectivity index (χ2v) is 11.8. The molecule has 1 aliphatic carbocycles. The molecule has 190 valence electrons. The van der Waals surface area contributed by atoms with Crippen LogP contribution in [0.4, 0.5) is 0 Å². The molecule has 1 heterocycles. The number of halogens is 1. The third-order valence-electron chi connectivity index (χ3n) is 6.49. The van der Waals surface area contributed by atoms with E-state index in [1.807, 2.05) is 61.5 Å². The van der Waals surface area contributed by atoms with Crippen molar-refractivity contribution in [2.24, 2.45) is 0 Å². The first-order chi connectivity index (χ1) is 17.8. The topological polar surface area (TPSA) is 72.3 Å². The van der Waals surface area contributed by atoms with Crippen molar-refractivity contribution in [2.45, 2.75) is 49.8 Å². The normalized spacial score (nSPS) is 13.5. The largest absolute Gasteiger partial charge is 0.330 e. The second-order valence-electron chi connectivity index (χ2n) is 9.52. The van der Waals surface area contributed by atoms with Gasteiger partial charge in [0, 0.05) is 16.6 Å². The number of imidazole rings is 1. The molecule has 3 aromatic carbocycles. The molecule has 4 aromatic rings. The Balaban J connectivity index is 1.50. The summed E-state index contributed by atoms with van der Waals surface area (Å²) >= 11 is 6.14. The molecule has 6 nitrogen and oxygen atoms in total. The Morgan fingerprint density at radius 2 is 1.73 bits per heavy atom. The van der Waals surface area contributed by atoms with E-state index in [2.05, 4.69) is 4.98 Å². The molecule has 0 saturated heterocycles. The molecule has 0 aliphatic heterocycles. The lowest BCUT2D eigenvalue weighted by Crippen LogP contribution is -2.33. The zero-order chi connectivity index (χ0) is 26.0. The van der Waals surface area contributed by atoms with Gasteiger partial charge < -0.3 is 9.47 Å². The van der Waals surface area contributed by atoms with Crippen molar-refractivity contribution in [3.8, 4) is 0 Å². The van der Waals surface area contributed by atoms with E-state index < -0.39 is 9.84 Å². The fourth-order valence-corrected chi connectivity index (χ4v) is 6.07. The second kappa shape index (κ2) is 10.5. The lowest BCUT2D eigenvalue weighted by atomic mass is 10.2. The number of carbonyl (C=O) groups is 1. The van der Waals surface area contributed by atoms with Gasteiger partial charge in [-0.1, -0.05) is 77.8 Å². The molecule has 0 N–H and O–H groups in total. The van der Waals surface area contributed by atoms with Gasteiger partial charge in [-0.05, 0) is 49.1 Å². The average molecular weight is 534 g/mol. The van der Waals surface area contributed by atoms with Gasteiger partial charge >= 0.3 is 0 Å². The number of amides is 1. The molecule has 1 fully saturated rings. The Morgan fingerprint density at radius 3 is 2.41 bits per heavy atom. The third kappa shape index (κ3) is 5.95. The number of aryl methyl sites for hydroxylation is 1. The SMILES string of the molecule is Cc1ccc(CS(=O)(=O)c2ncc(CN(C(=O)c3cccc(Cl)c3)C3CC3)n2Cc2ccccc2)cc1. The molecule has 0 bridgehead atoms. The van der Waals surface area contributed by atoms with Gasteiger partial charge in [0.25, 0.3) is 5.91 Å². The van der Waals surface area contributed by atoms with Crippen LogP contribution < -0.4 is 0 Å². The molecule has 1 saturated carbocycles. The lowest BCUT2D eigenvalue weighted by Gasteiger charge is -2.24. The average Bonchev–Trinajstić information content (AvgIpc) is 3.65. The molecule has 5 rings (SSSR count). The van der Waals surface area contributed by atoms with Crippen molar-refractivity contribution in [1.82, 2.24) is 14.5 Å². The van der Waals surface area contributed by atoms with Crippen molar-refractivity contribution in [3.63, 3.8) is 0 Å². The Morgan fingerprint density at radius 1 is 1.00 bits per heavy atom. The van der Waals surface area contributed by atoms with Crippen LogP contribution in [0.25, 0.3) is 0 Å². The van der Waals surface area contributed by atoms with Crippen LogP contribution in [0, 0.1) is 6.92 Å². The highest BCUT2D eigenvalue weighted by Gasteiger charge is 2.35. The summed E-state index contributed by atoms with van der Waals surface area (Å²) in [6.07, 6.45) is 3.42. The number of benzene rings is 3. The fraction of sp³-hybridized carbons (Fsp3) is 0.241. The van der Waals surface area contributed by atoms with Gasteiger partial charge in [0.1, 0.15) is 0 Å². The summed E-state index contributed by atoms with van der Waals surface area (Å²) in [6, 6.07) is 24.2. The molecule has 0 unspecified atom stereocenters. The Kier molecular flexibility index (Phi) is 7.17. The zero-order valence-corrected chi connectivity index (χ0v) is 22.1. The molecule has 0 spiro atoms. The van der Waals surface area contributed by atoms with Crippen LogP contribution >= 0.6 is 11.6 Å². The molecule has 8 heteroatoms. The van der Waals surface area contributed by atoms with Gasteiger partial charge in [-0.25, -0.2) is 13.4 Å². The molecule has 1 amide bonds. The Labute approximate surface area is 222 Å². The summed E-state index contributed by atoms with van der Waals surface area (Å²) in [5.74, 6) is -0.270. The van der Waals surface area contributed by atoms with E-state index in [0.717, 1.165) is 24.0 Å². The monoisotopic (exact) mass is 533 g/mol. The van der Waals surface area contributed by atoms with E-state index >= 15 is 0 Å². The highest BCUT2D eigenvalue weighted by atomic mass is 35.5.